The molecule has 2 aromatic rings. The van der Waals surface area contributed by atoms with Crippen LogP contribution >= 0.6 is 35.0 Å². The summed E-state index contributed by atoms with van der Waals surface area (Å²) in [7, 11) is 0. The number of hydrogen-bond donors (Lipinski definition) is 1. The fourth-order valence-electron chi connectivity index (χ4n) is 4.06. The maximum Gasteiger partial charge on any atom is 0.243 e. The third-order valence-electron chi connectivity index (χ3n) is 5.82. The zero-order valence-electron chi connectivity index (χ0n) is 18.4. The van der Waals surface area contributed by atoms with Crippen LogP contribution in [-0.4, -0.2) is 34.6 Å². The highest BCUT2D eigenvalue weighted by Crippen LogP contribution is 2.28. The molecule has 172 valence electrons. The highest BCUT2D eigenvalue weighted by atomic mass is 35.5. The fourth-order valence-corrected chi connectivity index (χ4v) is 5.71. The van der Waals surface area contributed by atoms with Gasteiger partial charge in [0, 0.05) is 28.4 Å². The molecule has 7 heteroatoms. The first kappa shape index (κ1) is 24.9. The predicted molar refractivity (Wildman–Crippen MR) is 134 cm³/mol. The van der Waals surface area contributed by atoms with E-state index in [1.54, 1.807) is 23.1 Å². The molecular weight excluding hydrogens is 463 g/mol. The summed E-state index contributed by atoms with van der Waals surface area (Å²) >= 11 is 14.0. The molecular formula is C25H30Cl2N2O2S. The molecule has 2 aromatic carbocycles. The molecule has 0 heterocycles. The highest BCUT2D eigenvalue weighted by Gasteiger charge is 2.30. The van der Waals surface area contributed by atoms with Crippen LogP contribution in [0.5, 0.6) is 0 Å². The zero-order chi connectivity index (χ0) is 22.9. The predicted octanol–water partition coefficient (Wildman–Crippen LogP) is 6.09. The van der Waals surface area contributed by atoms with Crippen molar-refractivity contribution in [3.63, 3.8) is 0 Å². The minimum atomic E-state index is -0.493. The molecule has 1 saturated carbocycles. The van der Waals surface area contributed by atoms with Gasteiger partial charge in [0.1, 0.15) is 6.04 Å². The molecule has 1 aliphatic rings. The smallest absolute Gasteiger partial charge is 0.243 e. The SMILES string of the molecule is CC[C@H](C(=O)NC1CCCC1)N(Cc1ccccc1)C(=O)CSCc1c(Cl)cccc1Cl. The summed E-state index contributed by atoms with van der Waals surface area (Å²) in [5.41, 5.74) is 1.83. The Morgan fingerprint density at radius 2 is 1.72 bits per heavy atom. The lowest BCUT2D eigenvalue weighted by atomic mass is 10.1. The third-order valence-corrected chi connectivity index (χ3v) is 7.47. The van der Waals surface area contributed by atoms with E-state index in [0.29, 0.717) is 28.8 Å². The van der Waals surface area contributed by atoms with Crippen LogP contribution in [0.3, 0.4) is 0 Å². The Balaban J connectivity index is 1.70. The van der Waals surface area contributed by atoms with E-state index >= 15 is 0 Å². The molecule has 0 aromatic heterocycles. The number of nitrogens with zero attached hydrogens (tertiary/aromatic N) is 1. The van der Waals surface area contributed by atoms with E-state index in [4.69, 9.17) is 23.2 Å². The van der Waals surface area contributed by atoms with Crippen LogP contribution in [0.1, 0.15) is 50.2 Å². The van der Waals surface area contributed by atoms with Gasteiger partial charge in [-0.15, -0.1) is 11.8 Å². The topological polar surface area (TPSA) is 49.4 Å². The Kier molecular flexibility index (Phi) is 9.76. The molecule has 0 radical (unpaired) electrons. The molecule has 1 fully saturated rings. The van der Waals surface area contributed by atoms with Crippen molar-refractivity contribution >= 4 is 46.8 Å². The Morgan fingerprint density at radius 1 is 1.06 bits per heavy atom. The van der Waals surface area contributed by atoms with Gasteiger partial charge in [0.15, 0.2) is 0 Å². The van der Waals surface area contributed by atoms with Crippen LogP contribution in [0.15, 0.2) is 48.5 Å². The third kappa shape index (κ3) is 6.90. The summed E-state index contributed by atoms with van der Waals surface area (Å²) < 4.78 is 0. The molecule has 1 N–H and O–H groups in total. The Hall–Kier alpha value is -1.69. The van der Waals surface area contributed by atoms with Gasteiger partial charge in [-0.3, -0.25) is 9.59 Å². The van der Waals surface area contributed by atoms with Gasteiger partial charge in [-0.1, -0.05) is 79.4 Å². The molecule has 0 bridgehead atoms. The van der Waals surface area contributed by atoms with Crippen LogP contribution < -0.4 is 5.32 Å². The van der Waals surface area contributed by atoms with Crippen molar-refractivity contribution in [1.29, 1.82) is 0 Å². The van der Waals surface area contributed by atoms with Gasteiger partial charge in [0.05, 0.1) is 5.75 Å². The lowest BCUT2D eigenvalue weighted by molar-refractivity contribution is -0.139. The number of thioether (sulfide) groups is 1. The van der Waals surface area contributed by atoms with Crippen LogP contribution in [-0.2, 0) is 21.9 Å². The minimum Gasteiger partial charge on any atom is -0.352 e. The van der Waals surface area contributed by atoms with Crippen molar-refractivity contribution in [3.8, 4) is 0 Å². The molecule has 0 aliphatic heterocycles. The number of hydrogen-bond acceptors (Lipinski definition) is 3. The maximum absolute atomic E-state index is 13.3. The van der Waals surface area contributed by atoms with Crippen LogP contribution in [0.4, 0.5) is 0 Å². The van der Waals surface area contributed by atoms with Crippen molar-refractivity contribution in [2.45, 2.75) is 63.4 Å². The van der Waals surface area contributed by atoms with Crippen LogP contribution in [0, 0.1) is 0 Å². The van der Waals surface area contributed by atoms with Gasteiger partial charge in [-0.2, -0.15) is 0 Å². The maximum atomic E-state index is 13.3. The first-order valence-electron chi connectivity index (χ1n) is 11.1. The average Bonchev–Trinajstić information content (AvgIpc) is 3.29. The molecule has 1 atom stereocenters. The number of halogens is 2. The molecule has 2 amide bonds. The number of amides is 2. The van der Waals surface area contributed by atoms with Crippen LogP contribution in [0.2, 0.25) is 10.0 Å². The first-order chi connectivity index (χ1) is 15.5. The number of benzene rings is 2. The summed E-state index contributed by atoms with van der Waals surface area (Å²) in [5, 5.41) is 4.37. The van der Waals surface area contributed by atoms with Gasteiger partial charge < -0.3 is 10.2 Å². The Labute approximate surface area is 205 Å². The second kappa shape index (κ2) is 12.5. The van der Waals surface area contributed by atoms with Gasteiger partial charge in [0.2, 0.25) is 11.8 Å². The van der Waals surface area contributed by atoms with Crippen molar-refractivity contribution in [3.05, 3.63) is 69.7 Å². The number of rotatable bonds is 10. The van der Waals surface area contributed by atoms with Gasteiger partial charge in [-0.25, -0.2) is 0 Å². The quantitative estimate of drug-likeness (QED) is 0.436. The number of nitrogens with one attached hydrogen (secondary N) is 1. The van der Waals surface area contributed by atoms with Gasteiger partial charge in [-0.05, 0) is 42.5 Å². The van der Waals surface area contributed by atoms with E-state index < -0.39 is 6.04 Å². The van der Waals surface area contributed by atoms with E-state index in [1.165, 1.54) is 11.8 Å². The minimum absolute atomic E-state index is 0.0529. The van der Waals surface area contributed by atoms with E-state index in [2.05, 4.69) is 5.32 Å². The molecule has 0 spiro atoms. The van der Waals surface area contributed by atoms with E-state index in [1.807, 2.05) is 37.3 Å². The fraction of sp³-hybridized carbons (Fsp3) is 0.440. The monoisotopic (exact) mass is 492 g/mol. The molecule has 4 nitrogen and oxygen atoms in total. The zero-order valence-corrected chi connectivity index (χ0v) is 20.7. The summed E-state index contributed by atoms with van der Waals surface area (Å²) in [6, 6.07) is 15.0. The van der Waals surface area contributed by atoms with Crippen LogP contribution in [0.25, 0.3) is 0 Å². The second-order valence-electron chi connectivity index (χ2n) is 8.11. The van der Waals surface area contributed by atoms with Crippen molar-refractivity contribution in [2.75, 3.05) is 5.75 Å². The normalized spacial score (nSPS) is 14.8. The average molecular weight is 494 g/mol. The van der Waals surface area contributed by atoms with Gasteiger partial charge in [0.25, 0.3) is 0 Å². The van der Waals surface area contributed by atoms with Crippen molar-refractivity contribution < 1.29 is 9.59 Å². The lowest BCUT2D eigenvalue weighted by Crippen LogP contribution is -2.51. The summed E-state index contributed by atoms with van der Waals surface area (Å²) in [4.78, 5) is 28.1. The van der Waals surface area contributed by atoms with Crippen molar-refractivity contribution in [2.24, 2.45) is 0 Å². The standard InChI is InChI=1S/C25H30Cl2N2O2S/c1-2-23(25(31)28-19-11-6-7-12-19)29(15-18-9-4-3-5-10-18)24(30)17-32-16-20-21(26)13-8-14-22(20)27/h3-5,8-10,13-14,19,23H,2,6-7,11-12,15-17H2,1H3,(H,28,31)/t23-/m1/s1. The second-order valence-corrected chi connectivity index (χ2v) is 9.91. The molecule has 0 unspecified atom stereocenters. The van der Waals surface area contributed by atoms with E-state index in [9.17, 15) is 9.59 Å². The molecule has 3 rings (SSSR count). The summed E-state index contributed by atoms with van der Waals surface area (Å²) in [6.45, 7) is 2.37. The first-order valence-corrected chi connectivity index (χ1v) is 13.0. The molecule has 1 aliphatic carbocycles. The molecule has 32 heavy (non-hydrogen) atoms. The Bertz CT molecular complexity index is 884. The summed E-state index contributed by atoms with van der Waals surface area (Å²) in [6.07, 6.45) is 4.90. The summed E-state index contributed by atoms with van der Waals surface area (Å²) in [5.74, 6) is 0.675. The lowest BCUT2D eigenvalue weighted by Gasteiger charge is -2.31. The highest BCUT2D eigenvalue weighted by molar-refractivity contribution is 7.99. The van der Waals surface area contributed by atoms with Gasteiger partial charge >= 0.3 is 0 Å². The Morgan fingerprint density at radius 3 is 2.34 bits per heavy atom. The van der Waals surface area contributed by atoms with Crippen molar-refractivity contribution in [1.82, 2.24) is 10.2 Å². The number of carbonyl (C=O) groups excluding carboxylic acids is 2. The largest absolute Gasteiger partial charge is 0.352 e. The number of carbonyl (C=O) groups is 2. The van der Waals surface area contributed by atoms with E-state index in [0.717, 1.165) is 36.8 Å². The molecule has 0 saturated heterocycles. The van der Waals surface area contributed by atoms with E-state index in [-0.39, 0.29) is 23.6 Å².